The lowest BCUT2D eigenvalue weighted by atomic mass is 10.1. The maximum atomic E-state index is 12.8. The van der Waals surface area contributed by atoms with Gasteiger partial charge in [-0.2, -0.15) is 4.37 Å². The maximum absolute atomic E-state index is 12.8. The Kier molecular flexibility index (Phi) is 6.00. The monoisotopic (exact) mass is 458 g/mol. The summed E-state index contributed by atoms with van der Waals surface area (Å²) in [5.41, 5.74) is 0.349. The van der Waals surface area contributed by atoms with Gasteiger partial charge in [-0.15, -0.1) is 0 Å². The van der Waals surface area contributed by atoms with Gasteiger partial charge in [0.05, 0.1) is 10.1 Å². The highest BCUT2D eigenvalue weighted by molar-refractivity contribution is 7.92. The van der Waals surface area contributed by atoms with Crippen molar-refractivity contribution in [2.75, 3.05) is 5.32 Å². The molecule has 0 spiro atoms. The van der Waals surface area contributed by atoms with Crippen molar-refractivity contribution in [1.29, 1.82) is 0 Å². The number of sulfone groups is 1. The molecule has 160 valence electrons. The fourth-order valence-electron chi connectivity index (χ4n) is 2.66. The van der Waals surface area contributed by atoms with E-state index in [0.29, 0.717) is 35.2 Å². The molecule has 1 amide bonds. The van der Waals surface area contributed by atoms with Gasteiger partial charge in [0.15, 0.2) is 28.0 Å². The second kappa shape index (κ2) is 8.86. The maximum Gasteiger partial charge on any atom is 0.280 e. The molecule has 0 radical (unpaired) electrons. The van der Waals surface area contributed by atoms with Crippen LogP contribution in [0.1, 0.15) is 30.1 Å². The molecule has 1 aromatic carbocycles. The third-order valence-electron chi connectivity index (χ3n) is 4.35. The molecule has 3 aromatic rings. The van der Waals surface area contributed by atoms with Gasteiger partial charge in [0, 0.05) is 29.5 Å². The van der Waals surface area contributed by atoms with Crippen molar-refractivity contribution in [2.24, 2.45) is 5.16 Å². The Morgan fingerprint density at radius 3 is 2.55 bits per heavy atom. The first-order chi connectivity index (χ1) is 14.9. The topological polar surface area (TPSA) is 136 Å². The zero-order valence-corrected chi connectivity index (χ0v) is 18.1. The van der Waals surface area contributed by atoms with Gasteiger partial charge in [-0.25, -0.2) is 23.4 Å². The predicted octanol–water partition coefficient (Wildman–Crippen LogP) is 2.13. The standard InChI is InChI=1S/C19H18N6O4S2/c1-12-22-19(30-25-12)23-18(26)17(24-29-11-16-20-9-2-10-21-16)13-3-5-14(6-4-13)31(27,28)15-7-8-15/h2-6,9-10,15H,7-8,11H2,1H3,(H,22,23,25,26)/b24-17+. The molecule has 1 N–H and O–H groups in total. The summed E-state index contributed by atoms with van der Waals surface area (Å²) in [5.74, 6) is 0.366. The number of rotatable bonds is 8. The second-order valence-corrected chi connectivity index (χ2v) is 9.73. The fraction of sp³-hybridized carbons (Fsp3) is 0.263. The third-order valence-corrected chi connectivity index (χ3v) is 7.35. The molecule has 0 unspecified atom stereocenters. The molecule has 2 aromatic heterocycles. The number of hydrogen-bond donors (Lipinski definition) is 1. The molecule has 0 saturated heterocycles. The third kappa shape index (κ3) is 5.09. The zero-order valence-electron chi connectivity index (χ0n) is 16.4. The van der Waals surface area contributed by atoms with E-state index in [0.717, 1.165) is 11.5 Å². The van der Waals surface area contributed by atoms with Crippen LogP contribution in [-0.4, -0.2) is 44.6 Å². The number of aromatic nitrogens is 4. The molecule has 31 heavy (non-hydrogen) atoms. The van der Waals surface area contributed by atoms with Gasteiger partial charge in [0.25, 0.3) is 5.91 Å². The van der Waals surface area contributed by atoms with Crippen LogP contribution in [0.4, 0.5) is 5.13 Å². The Hall–Kier alpha value is -3.25. The Balaban J connectivity index is 1.57. The molecule has 1 fully saturated rings. The quantitative estimate of drug-likeness (QED) is 0.400. The highest BCUT2D eigenvalue weighted by atomic mass is 32.2. The second-order valence-electron chi connectivity index (χ2n) is 6.75. The number of aryl methyl sites for hydroxylation is 1. The number of nitrogens with zero attached hydrogens (tertiary/aromatic N) is 5. The number of amides is 1. The van der Waals surface area contributed by atoms with Crippen LogP contribution in [0.25, 0.3) is 0 Å². The lowest BCUT2D eigenvalue weighted by molar-refractivity contribution is -0.110. The fourth-order valence-corrected chi connectivity index (χ4v) is 4.89. The van der Waals surface area contributed by atoms with Gasteiger partial charge >= 0.3 is 0 Å². The van der Waals surface area contributed by atoms with Crippen molar-refractivity contribution >= 4 is 38.1 Å². The number of oxime groups is 1. The smallest absolute Gasteiger partial charge is 0.280 e. The van der Waals surface area contributed by atoms with E-state index >= 15 is 0 Å². The van der Waals surface area contributed by atoms with E-state index in [1.165, 1.54) is 24.3 Å². The number of benzene rings is 1. The lowest BCUT2D eigenvalue weighted by Crippen LogP contribution is -2.24. The van der Waals surface area contributed by atoms with Crippen molar-refractivity contribution in [1.82, 2.24) is 19.3 Å². The minimum absolute atomic E-state index is 0.0380. The summed E-state index contributed by atoms with van der Waals surface area (Å²) < 4.78 is 28.9. The Morgan fingerprint density at radius 2 is 1.94 bits per heavy atom. The summed E-state index contributed by atoms with van der Waals surface area (Å²) >= 11 is 1.04. The largest absolute Gasteiger partial charge is 0.387 e. The van der Waals surface area contributed by atoms with E-state index in [4.69, 9.17) is 4.84 Å². The van der Waals surface area contributed by atoms with Crippen LogP contribution >= 0.6 is 11.5 Å². The summed E-state index contributed by atoms with van der Waals surface area (Å²) in [6, 6.07) is 7.68. The van der Waals surface area contributed by atoms with Crippen molar-refractivity contribution in [3.05, 3.63) is 59.9 Å². The van der Waals surface area contributed by atoms with Crippen molar-refractivity contribution < 1.29 is 18.0 Å². The average Bonchev–Trinajstić information content (AvgIpc) is 3.56. The molecule has 1 aliphatic rings. The van der Waals surface area contributed by atoms with E-state index in [1.807, 2.05) is 0 Å². The SMILES string of the molecule is Cc1nsc(NC(=O)/C(=N/OCc2ncccn2)c2ccc(S(=O)(=O)C3CC3)cc2)n1. The Morgan fingerprint density at radius 1 is 1.23 bits per heavy atom. The van der Waals surface area contributed by atoms with Gasteiger partial charge in [-0.1, -0.05) is 17.3 Å². The van der Waals surface area contributed by atoms with Crippen LogP contribution in [-0.2, 0) is 26.1 Å². The summed E-state index contributed by atoms with van der Waals surface area (Å²) in [4.78, 5) is 30.5. The first kappa shape index (κ1) is 21.0. The van der Waals surface area contributed by atoms with Crippen molar-refractivity contribution in [2.45, 2.75) is 36.5 Å². The molecule has 10 nitrogen and oxygen atoms in total. The Labute approximate surface area is 182 Å². The first-order valence-electron chi connectivity index (χ1n) is 9.35. The van der Waals surface area contributed by atoms with Gasteiger partial charge in [0.1, 0.15) is 5.82 Å². The first-order valence-corrected chi connectivity index (χ1v) is 11.7. The van der Waals surface area contributed by atoms with Gasteiger partial charge in [0.2, 0.25) is 5.13 Å². The average molecular weight is 459 g/mol. The van der Waals surface area contributed by atoms with Crippen LogP contribution in [0.2, 0.25) is 0 Å². The van der Waals surface area contributed by atoms with E-state index in [2.05, 4.69) is 29.8 Å². The van der Waals surface area contributed by atoms with Crippen LogP contribution in [0, 0.1) is 6.92 Å². The molecular weight excluding hydrogens is 440 g/mol. The molecule has 0 bridgehead atoms. The summed E-state index contributed by atoms with van der Waals surface area (Å²) in [6.45, 7) is 1.67. The van der Waals surface area contributed by atoms with Crippen molar-refractivity contribution in [3.63, 3.8) is 0 Å². The Bertz CT molecular complexity index is 1210. The van der Waals surface area contributed by atoms with Crippen LogP contribution < -0.4 is 5.32 Å². The van der Waals surface area contributed by atoms with E-state index in [9.17, 15) is 13.2 Å². The number of anilines is 1. The molecule has 2 heterocycles. The van der Waals surface area contributed by atoms with Gasteiger partial charge in [-0.3, -0.25) is 10.1 Å². The minimum Gasteiger partial charge on any atom is -0.387 e. The number of hydrogen-bond acceptors (Lipinski definition) is 10. The van der Waals surface area contributed by atoms with Gasteiger partial charge in [-0.05, 0) is 38.0 Å². The number of carbonyl (C=O) groups excluding carboxylic acids is 1. The van der Waals surface area contributed by atoms with E-state index < -0.39 is 15.7 Å². The molecule has 12 heteroatoms. The van der Waals surface area contributed by atoms with Crippen LogP contribution in [0.3, 0.4) is 0 Å². The normalized spacial score (nSPS) is 14.3. The molecule has 1 aliphatic carbocycles. The van der Waals surface area contributed by atoms with Crippen LogP contribution in [0.5, 0.6) is 0 Å². The molecule has 1 saturated carbocycles. The molecular formula is C19H18N6O4S2. The van der Waals surface area contributed by atoms with Crippen molar-refractivity contribution in [3.8, 4) is 0 Å². The highest BCUT2D eigenvalue weighted by Crippen LogP contribution is 2.33. The van der Waals surface area contributed by atoms with Crippen LogP contribution in [0.15, 0.2) is 52.8 Å². The molecule has 0 atom stereocenters. The van der Waals surface area contributed by atoms with E-state index in [-0.39, 0.29) is 22.5 Å². The number of carbonyl (C=O) groups is 1. The highest BCUT2D eigenvalue weighted by Gasteiger charge is 2.36. The minimum atomic E-state index is -3.33. The summed E-state index contributed by atoms with van der Waals surface area (Å²) in [7, 11) is -3.33. The number of nitrogens with one attached hydrogen (secondary N) is 1. The molecule has 4 rings (SSSR count). The van der Waals surface area contributed by atoms with Gasteiger partial charge < -0.3 is 4.84 Å². The lowest BCUT2D eigenvalue weighted by Gasteiger charge is -2.08. The zero-order chi connectivity index (χ0) is 21.8. The predicted molar refractivity (Wildman–Crippen MR) is 113 cm³/mol. The van der Waals surface area contributed by atoms with E-state index in [1.54, 1.807) is 25.4 Å². The summed E-state index contributed by atoms with van der Waals surface area (Å²) in [6.07, 6.45) is 4.49. The molecule has 0 aliphatic heterocycles. The summed E-state index contributed by atoms with van der Waals surface area (Å²) in [5, 5.41) is 6.59.